The predicted molar refractivity (Wildman–Crippen MR) is 116 cm³/mol. The molecule has 6 heteroatoms. The Hall–Kier alpha value is -0.240. The van der Waals surface area contributed by atoms with Crippen molar-refractivity contribution in [2.45, 2.75) is 60.0 Å². The van der Waals surface area contributed by atoms with E-state index in [-0.39, 0.29) is 19.4 Å². The number of rotatable bonds is 19. The summed E-state index contributed by atoms with van der Waals surface area (Å²) in [6.07, 6.45) is 3.62. The Morgan fingerprint density at radius 3 is 1.22 bits per heavy atom. The van der Waals surface area contributed by atoms with Crippen molar-refractivity contribution in [2.24, 2.45) is 0 Å². The molecule has 0 saturated carbocycles. The van der Waals surface area contributed by atoms with E-state index in [9.17, 15) is 10.2 Å². The maximum atomic E-state index is 9.46. The van der Waals surface area contributed by atoms with Crippen molar-refractivity contribution in [3.8, 4) is 0 Å². The first-order chi connectivity index (χ1) is 13.1. The van der Waals surface area contributed by atoms with Gasteiger partial charge >= 0.3 is 0 Å². The highest BCUT2D eigenvalue weighted by molar-refractivity contribution is 4.74. The van der Waals surface area contributed by atoms with Crippen LogP contribution in [0, 0.1) is 0 Å². The first kappa shape index (κ1) is 26.8. The number of aliphatic hydroxyl groups excluding tert-OH is 2. The number of hydrogen-bond acceptors (Lipinski definition) is 6. The summed E-state index contributed by atoms with van der Waals surface area (Å²) < 4.78 is 0. The molecule has 0 spiro atoms. The molecule has 2 N–H and O–H groups in total. The van der Waals surface area contributed by atoms with Gasteiger partial charge < -0.3 is 20.0 Å². The van der Waals surface area contributed by atoms with Gasteiger partial charge in [-0.2, -0.15) is 0 Å². The lowest BCUT2D eigenvalue weighted by atomic mass is 10.2. The molecule has 27 heavy (non-hydrogen) atoms. The van der Waals surface area contributed by atoms with Gasteiger partial charge in [0.1, 0.15) is 0 Å². The molecule has 0 aliphatic rings. The molecular weight excluding hydrogens is 340 g/mol. The summed E-state index contributed by atoms with van der Waals surface area (Å²) in [7, 11) is 0. The van der Waals surface area contributed by atoms with Gasteiger partial charge in [0.25, 0.3) is 0 Å². The van der Waals surface area contributed by atoms with Crippen LogP contribution in [0.15, 0.2) is 0 Å². The van der Waals surface area contributed by atoms with Crippen LogP contribution >= 0.6 is 0 Å². The Morgan fingerprint density at radius 2 is 0.926 bits per heavy atom. The second kappa shape index (κ2) is 17.8. The van der Waals surface area contributed by atoms with Gasteiger partial charge in [0.15, 0.2) is 0 Å². The Balaban J connectivity index is 4.92. The number of nitrogens with zero attached hydrogens (tertiary/aromatic N) is 4. The van der Waals surface area contributed by atoms with Crippen molar-refractivity contribution in [3.05, 3.63) is 0 Å². The third-order valence-corrected chi connectivity index (χ3v) is 5.61. The molecule has 6 nitrogen and oxygen atoms in total. The van der Waals surface area contributed by atoms with Crippen LogP contribution in [-0.2, 0) is 0 Å². The van der Waals surface area contributed by atoms with Crippen molar-refractivity contribution in [1.29, 1.82) is 0 Å². The van der Waals surface area contributed by atoms with Gasteiger partial charge in [-0.3, -0.25) is 9.80 Å². The molecule has 0 aliphatic heterocycles. The molecule has 0 amide bonds. The SMILES string of the molecule is CCC(N(CCO)CCO)N(CCCN(CC)CC)CCCN(CC)CC. The maximum absolute atomic E-state index is 9.46. The fourth-order valence-corrected chi connectivity index (χ4v) is 3.90. The van der Waals surface area contributed by atoms with Crippen LogP contribution in [0.2, 0.25) is 0 Å². The van der Waals surface area contributed by atoms with Crippen LogP contribution in [0.1, 0.15) is 53.9 Å². The van der Waals surface area contributed by atoms with E-state index in [4.69, 9.17) is 0 Å². The number of hydrogen-bond donors (Lipinski definition) is 2. The van der Waals surface area contributed by atoms with E-state index in [0.29, 0.717) is 13.1 Å². The highest BCUT2D eigenvalue weighted by Crippen LogP contribution is 2.13. The molecule has 0 saturated heterocycles. The van der Waals surface area contributed by atoms with Crippen molar-refractivity contribution in [2.75, 3.05) is 78.7 Å². The zero-order chi connectivity index (χ0) is 20.5. The summed E-state index contributed by atoms with van der Waals surface area (Å²) in [5.41, 5.74) is 0. The normalized spacial score (nSPS) is 13.4. The van der Waals surface area contributed by atoms with Gasteiger partial charge in [-0.25, -0.2) is 0 Å². The van der Waals surface area contributed by atoms with Gasteiger partial charge in [-0.1, -0.05) is 34.6 Å². The highest BCUT2D eigenvalue weighted by atomic mass is 16.3. The van der Waals surface area contributed by atoms with E-state index in [0.717, 1.165) is 71.6 Å². The fourth-order valence-electron chi connectivity index (χ4n) is 3.90. The average molecular weight is 389 g/mol. The minimum atomic E-state index is 0.142. The summed E-state index contributed by atoms with van der Waals surface area (Å²) in [4.78, 5) is 9.79. The van der Waals surface area contributed by atoms with Crippen molar-refractivity contribution >= 4 is 0 Å². The standard InChI is InChI=1S/C21H48N4O2/c1-6-21(25(17-19-26)18-20-27)24(15-11-13-22(7-2)8-3)16-12-14-23(9-4)10-5/h21,26-27H,6-20H2,1-5H3. The van der Waals surface area contributed by atoms with E-state index in [1.165, 1.54) is 0 Å². The third kappa shape index (κ3) is 11.4. The summed E-state index contributed by atoms with van der Waals surface area (Å²) in [6, 6.07) is 0. The molecule has 0 rings (SSSR count). The van der Waals surface area contributed by atoms with Gasteiger partial charge in [-0.15, -0.1) is 0 Å². The minimum absolute atomic E-state index is 0.142. The Labute approximate surface area is 169 Å². The third-order valence-electron chi connectivity index (χ3n) is 5.61. The first-order valence-corrected chi connectivity index (χ1v) is 11.3. The van der Waals surface area contributed by atoms with Crippen LogP contribution in [0.4, 0.5) is 0 Å². The smallest absolute Gasteiger partial charge is 0.0621 e. The van der Waals surface area contributed by atoms with E-state index < -0.39 is 0 Å². The monoisotopic (exact) mass is 388 g/mol. The molecule has 0 heterocycles. The molecule has 0 bridgehead atoms. The van der Waals surface area contributed by atoms with Crippen LogP contribution in [-0.4, -0.2) is 115 Å². The molecule has 1 unspecified atom stereocenters. The molecule has 164 valence electrons. The van der Waals surface area contributed by atoms with Crippen LogP contribution in [0.5, 0.6) is 0 Å². The van der Waals surface area contributed by atoms with Crippen LogP contribution < -0.4 is 0 Å². The van der Waals surface area contributed by atoms with E-state index in [1.807, 2.05) is 0 Å². The second-order valence-electron chi connectivity index (χ2n) is 7.17. The van der Waals surface area contributed by atoms with Crippen molar-refractivity contribution < 1.29 is 10.2 Å². The summed E-state index contributed by atoms with van der Waals surface area (Å²) in [6.45, 7) is 21.5. The van der Waals surface area contributed by atoms with E-state index >= 15 is 0 Å². The molecule has 0 radical (unpaired) electrons. The highest BCUT2D eigenvalue weighted by Gasteiger charge is 2.23. The van der Waals surface area contributed by atoms with Crippen molar-refractivity contribution in [1.82, 2.24) is 19.6 Å². The zero-order valence-electron chi connectivity index (χ0n) is 18.9. The lowest BCUT2D eigenvalue weighted by Gasteiger charge is -2.39. The quantitative estimate of drug-likeness (QED) is 0.329. The van der Waals surface area contributed by atoms with Gasteiger partial charge in [0.2, 0.25) is 0 Å². The molecule has 0 fully saturated rings. The molecular formula is C21H48N4O2. The zero-order valence-corrected chi connectivity index (χ0v) is 18.9. The Kier molecular flexibility index (Phi) is 17.7. The van der Waals surface area contributed by atoms with Gasteiger partial charge in [0.05, 0.1) is 19.4 Å². The van der Waals surface area contributed by atoms with Crippen molar-refractivity contribution in [3.63, 3.8) is 0 Å². The van der Waals surface area contributed by atoms with Gasteiger partial charge in [-0.05, 0) is 58.5 Å². The predicted octanol–water partition coefficient (Wildman–Crippen LogP) is 1.77. The molecule has 0 aromatic rings. The van der Waals surface area contributed by atoms with Gasteiger partial charge in [0, 0.05) is 26.2 Å². The summed E-state index contributed by atoms with van der Waals surface area (Å²) >= 11 is 0. The van der Waals surface area contributed by atoms with Crippen LogP contribution in [0.3, 0.4) is 0 Å². The molecule has 0 aromatic carbocycles. The minimum Gasteiger partial charge on any atom is -0.395 e. The Bertz CT molecular complexity index is 289. The van der Waals surface area contributed by atoms with E-state index in [2.05, 4.69) is 54.2 Å². The maximum Gasteiger partial charge on any atom is 0.0621 e. The number of aliphatic hydroxyl groups is 2. The fraction of sp³-hybridized carbons (Fsp3) is 1.00. The largest absolute Gasteiger partial charge is 0.395 e. The average Bonchev–Trinajstić information content (AvgIpc) is 2.68. The van der Waals surface area contributed by atoms with Crippen LogP contribution in [0.25, 0.3) is 0 Å². The lowest BCUT2D eigenvalue weighted by Crippen LogP contribution is -2.51. The second-order valence-corrected chi connectivity index (χ2v) is 7.17. The molecule has 0 aromatic heterocycles. The Morgan fingerprint density at radius 1 is 0.556 bits per heavy atom. The lowest BCUT2D eigenvalue weighted by molar-refractivity contribution is 0.0136. The first-order valence-electron chi connectivity index (χ1n) is 11.3. The topological polar surface area (TPSA) is 53.4 Å². The molecule has 0 aliphatic carbocycles. The van der Waals surface area contributed by atoms with E-state index in [1.54, 1.807) is 0 Å². The summed E-state index contributed by atoms with van der Waals surface area (Å²) in [5.74, 6) is 0. The molecule has 1 atom stereocenters. The summed E-state index contributed by atoms with van der Waals surface area (Å²) in [5, 5.41) is 18.9.